The van der Waals surface area contributed by atoms with E-state index in [1.54, 1.807) is 6.07 Å². The molecule has 1 heterocycles. The minimum atomic E-state index is -4.58. The summed E-state index contributed by atoms with van der Waals surface area (Å²) in [5, 5.41) is 2.59. The topological polar surface area (TPSA) is 85.1 Å². The van der Waals surface area contributed by atoms with Crippen molar-refractivity contribution in [1.82, 2.24) is 10.3 Å². The van der Waals surface area contributed by atoms with Crippen molar-refractivity contribution in [3.8, 4) is 0 Å². The Labute approximate surface area is 146 Å². The Bertz CT molecular complexity index is 779. The Morgan fingerprint density at radius 2 is 1.96 bits per heavy atom. The molecule has 0 bridgehead atoms. The van der Waals surface area contributed by atoms with E-state index in [0.717, 1.165) is 12.1 Å². The molecule has 132 valence electrons. The summed E-state index contributed by atoms with van der Waals surface area (Å²) >= 11 is 5.66. The number of primary amides is 1. The van der Waals surface area contributed by atoms with Crippen LogP contribution in [0.5, 0.6) is 0 Å². The highest BCUT2D eigenvalue weighted by Gasteiger charge is 2.31. The lowest BCUT2D eigenvalue weighted by Crippen LogP contribution is -2.45. The van der Waals surface area contributed by atoms with Gasteiger partial charge in [-0.1, -0.05) is 23.7 Å². The molecule has 3 N–H and O–H groups in total. The number of carbonyl (C=O) groups is 2. The van der Waals surface area contributed by atoms with E-state index in [-0.39, 0.29) is 17.1 Å². The lowest BCUT2D eigenvalue weighted by Gasteiger charge is -2.16. The van der Waals surface area contributed by atoms with Gasteiger partial charge in [-0.15, -0.1) is 0 Å². The fourth-order valence-electron chi connectivity index (χ4n) is 2.06. The molecule has 1 aromatic heterocycles. The van der Waals surface area contributed by atoms with Crippen LogP contribution in [-0.4, -0.2) is 22.8 Å². The van der Waals surface area contributed by atoms with Crippen LogP contribution >= 0.6 is 11.6 Å². The number of alkyl halides is 3. The van der Waals surface area contributed by atoms with Crippen molar-refractivity contribution in [1.29, 1.82) is 0 Å². The van der Waals surface area contributed by atoms with Crippen molar-refractivity contribution < 1.29 is 22.8 Å². The van der Waals surface area contributed by atoms with Gasteiger partial charge >= 0.3 is 6.18 Å². The van der Waals surface area contributed by atoms with E-state index < -0.39 is 29.6 Å². The molecule has 9 heteroatoms. The van der Waals surface area contributed by atoms with Gasteiger partial charge in [-0.05, 0) is 29.8 Å². The fraction of sp³-hybridized carbons (Fsp3) is 0.188. The molecule has 2 aromatic rings. The Hall–Kier alpha value is -2.61. The second-order valence-electron chi connectivity index (χ2n) is 5.20. The van der Waals surface area contributed by atoms with Gasteiger partial charge in [0.15, 0.2) is 0 Å². The number of nitrogens with one attached hydrogen (secondary N) is 1. The van der Waals surface area contributed by atoms with Crippen LogP contribution in [0.4, 0.5) is 13.2 Å². The van der Waals surface area contributed by atoms with Crippen molar-refractivity contribution in [3.05, 3.63) is 64.4 Å². The Morgan fingerprint density at radius 3 is 2.52 bits per heavy atom. The van der Waals surface area contributed by atoms with Gasteiger partial charge in [0.05, 0.1) is 5.56 Å². The highest BCUT2D eigenvalue weighted by molar-refractivity contribution is 6.29. The van der Waals surface area contributed by atoms with Crippen LogP contribution in [0, 0.1) is 0 Å². The van der Waals surface area contributed by atoms with Crippen LogP contribution in [0.3, 0.4) is 0 Å². The predicted octanol–water partition coefficient (Wildman–Crippen LogP) is 2.58. The van der Waals surface area contributed by atoms with Crippen LogP contribution in [0.1, 0.15) is 21.5 Å². The highest BCUT2D eigenvalue weighted by Crippen LogP contribution is 2.29. The summed E-state index contributed by atoms with van der Waals surface area (Å²) in [5.41, 5.74) is 4.65. The number of rotatable bonds is 5. The number of nitrogens with two attached hydrogens (primary N) is 1. The van der Waals surface area contributed by atoms with Gasteiger partial charge in [0.2, 0.25) is 5.91 Å². The fourth-order valence-corrected chi connectivity index (χ4v) is 2.18. The van der Waals surface area contributed by atoms with Crippen LogP contribution in [-0.2, 0) is 17.4 Å². The van der Waals surface area contributed by atoms with Crippen LogP contribution < -0.4 is 11.1 Å². The maximum Gasteiger partial charge on any atom is 0.416 e. The van der Waals surface area contributed by atoms with E-state index in [2.05, 4.69) is 10.3 Å². The molecule has 0 aliphatic rings. The zero-order chi connectivity index (χ0) is 18.6. The van der Waals surface area contributed by atoms with Crippen molar-refractivity contribution in [2.24, 2.45) is 5.73 Å². The summed E-state index contributed by atoms with van der Waals surface area (Å²) in [6.45, 7) is 0. The first-order valence-electron chi connectivity index (χ1n) is 7.04. The van der Waals surface area contributed by atoms with Crippen molar-refractivity contribution in [3.63, 3.8) is 0 Å². The maximum absolute atomic E-state index is 12.7. The number of hydrogen-bond acceptors (Lipinski definition) is 3. The second kappa shape index (κ2) is 7.52. The first-order chi connectivity index (χ1) is 11.7. The highest BCUT2D eigenvalue weighted by atomic mass is 35.5. The van der Waals surface area contributed by atoms with Gasteiger partial charge in [-0.2, -0.15) is 13.2 Å². The molecular weight excluding hydrogens is 359 g/mol. The number of benzene rings is 1. The standard InChI is InChI=1S/C16H13ClF3N3O2/c17-13-5-4-9(8-22-13)6-12(14(21)24)23-15(25)10-2-1-3-11(7-10)16(18,19)20/h1-5,7-8,12H,6H2,(H2,21,24)(H,23,25)/t12-/m0/s1. The van der Waals surface area contributed by atoms with Crippen LogP contribution in [0.25, 0.3) is 0 Å². The zero-order valence-corrected chi connectivity index (χ0v) is 13.4. The minimum Gasteiger partial charge on any atom is -0.368 e. The van der Waals surface area contributed by atoms with Gasteiger partial charge in [-0.25, -0.2) is 4.98 Å². The van der Waals surface area contributed by atoms with Gasteiger partial charge in [0.1, 0.15) is 11.2 Å². The molecule has 1 aromatic carbocycles. The summed E-state index contributed by atoms with van der Waals surface area (Å²) in [5.74, 6) is -1.66. The number of amides is 2. The molecule has 0 radical (unpaired) electrons. The molecule has 2 amide bonds. The average molecular weight is 372 g/mol. The Kier molecular flexibility index (Phi) is 5.63. The van der Waals surface area contributed by atoms with E-state index in [9.17, 15) is 22.8 Å². The molecule has 0 aliphatic heterocycles. The van der Waals surface area contributed by atoms with Crippen LogP contribution in [0.15, 0.2) is 42.6 Å². The SMILES string of the molecule is NC(=O)[C@H](Cc1ccc(Cl)nc1)NC(=O)c1cccc(C(F)(F)F)c1. The zero-order valence-electron chi connectivity index (χ0n) is 12.7. The van der Waals surface area contributed by atoms with Crippen molar-refractivity contribution in [2.75, 3.05) is 0 Å². The number of nitrogens with zero attached hydrogens (tertiary/aromatic N) is 1. The molecule has 25 heavy (non-hydrogen) atoms. The molecule has 0 unspecified atom stereocenters. The molecule has 0 spiro atoms. The lowest BCUT2D eigenvalue weighted by atomic mass is 10.1. The molecule has 5 nitrogen and oxygen atoms in total. The largest absolute Gasteiger partial charge is 0.416 e. The van der Waals surface area contributed by atoms with Crippen LogP contribution in [0.2, 0.25) is 5.15 Å². The Balaban J connectivity index is 2.15. The summed E-state index contributed by atoms with van der Waals surface area (Å²) < 4.78 is 38.2. The molecule has 0 saturated heterocycles. The number of aromatic nitrogens is 1. The molecule has 0 aliphatic carbocycles. The van der Waals surface area contributed by atoms with E-state index in [1.807, 2.05) is 0 Å². The van der Waals surface area contributed by atoms with Crippen molar-refractivity contribution in [2.45, 2.75) is 18.6 Å². The van der Waals surface area contributed by atoms with E-state index in [0.29, 0.717) is 11.6 Å². The van der Waals surface area contributed by atoms with Gasteiger partial charge in [0.25, 0.3) is 5.91 Å². The third-order valence-corrected chi connectivity index (χ3v) is 3.55. The molecule has 1 atom stereocenters. The third kappa shape index (κ3) is 5.18. The normalized spacial score (nSPS) is 12.5. The number of pyridine rings is 1. The number of halogens is 4. The summed E-state index contributed by atoms with van der Waals surface area (Å²) in [4.78, 5) is 27.5. The quantitative estimate of drug-likeness (QED) is 0.792. The molecule has 0 saturated carbocycles. The van der Waals surface area contributed by atoms with E-state index in [4.69, 9.17) is 17.3 Å². The average Bonchev–Trinajstić information content (AvgIpc) is 2.55. The maximum atomic E-state index is 12.7. The summed E-state index contributed by atoms with van der Waals surface area (Å²) in [7, 11) is 0. The van der Waals surface area contributed by atoms with Gasteiger partial charge in [0, 0.05) is 18.2 Å². The lowest BCUT2D eigenvalue weighted by molar-refractivity contribution is -0.137. The number of carbonyl (C=O) groups excluding carboxylic acids is 2. The smallest absolute Gasteiger partial charge is 0.368 e. The third-order valence-electron chi connectivity index (χ3n) is 3.33. The minimum absolute atomic E-state index is 0.0319. The van der Waals surface area contributed by atoms with Gasteiger partial charge in [-0.3, -0.25) is 9.59 Å². The van der Waals surface area contributed by atoms with E-state index >= 15 is 0 Å². The predicted molar refractivity (Wildman–Crippen MR) is 84.8 cm³/mol. The van der Waals surface area contributed by atoms with Crippen molar-refractivity contribution >= 4 is 23.4 Å². The molecule has 0 fully saturated rings. The first-order valence-corrected chi connectivity index (χ1v) is 7.42. The van der Waals surface area contributed by atoms with E-state index in [1.165, 1.54) is 18.3 Å². The first kappa shape index (κ1) is 18.7. The number of hydrogen-bond donors (Lipinski definition) is 2. The summed E-state index contributed by atoms with van der Waals surface area (Å²) in [6, 6.07) is 5.88. The molecular formula is C16H13ClF3N3O2. The van der Waals surface area contributed by atoms with Gasteiger partial charge < -0.3 is 11.1 Å². The summed E-state index contributed by atoms with van der Waals surface area (Å²) in [6.07, 6.45) is -3.13. The monoisotopic (exact) mass is 371 g/mol. The second-order valence-corrected chi connectivity index (χ2v) is 5.59. The Morgan fingerprint density at radius 1 is 1.24 bits per heavy atom. The molecule has 2 rings (SSSR count).